The predicted molar refractivity (Wildman–Crippen MR) is 75.6 cm³/mol. The highest BCUT2D eigenvalue weighted by molar-refractivity contribution is 5.50. The van der Waals surface area contributed by atoms with E-state index in [1.807, 2.05) is 18.2 Å². The molecule has 0 aromatic heterocycles. The highest BCUT2D eigenvalue weighted by Gasteiger charge is 2.32. The van der Waals surface area contributed by atoms with E-state index in [1.165, 1.54) is 12.1 Å². The molecule has 3 heteroatoms. The molecule has 0 aliphatic carbocycles. The fourth-order valence-corrected chi connectivity index (χ4v) is 2.49. The van der Waals surface area contributed by atoms with Gasteiger partial charge in [0.05, 0.1) is 0 Å². The van der Waals surface area contributed by atoms with Crippen LogP contribution in [0, 0.1) is 5.82 Å². The Morgan fingerprint density at radius 3 is 2.80 bits per heavy atom. The van der Waals surface area contributed by atoms with Gasteiger partial charge >= 0.3 is 0 Å². The normalized spacial score (nSPS) is 15.6. The lowest BCUT2D eigenvalue weighted by Crippen LogP contribution is -2.24. The molecule has 0 bridgehead atoms. The Balaban J connectivity index is 1.78. The second kappa shape index (κ2) is 4.82. The zero-order chi connectivity index (χ0) is 14.2. The second-order valence-corrected chi connectivity index (χ2v) is 5.70. The second-order valence-electron chi connectivity index (χ2n) is 5.70. The van der Waals surface area contributed by atoms with E-state index < -0.39 is 0 Å². The molecule has 0 saturated heterocycles. The van der Waals surface area contributed by atoms with Crippen LogP contribution in [-0.2, 0) is 13.0 Å². The van der Waals surface area contributed by atoms with Crippen molar-refractivity contribution in [1.82, 2.24) is 0 Å². The highest BCUT2D eigenvalue weighted by atomic mass is 19.1. The first-order valence-corrected chi connectivity index (χ1v) is 6.72. The van der Waals surface area contributed by atoms with Crippen molar-refractivity contribution in [3.05, 3.63) is 59.4 Å². The molecule has 0 amide bonds. The third kappa shape index (κ3) is 2.62. The Morgan fingerprint density at radius 2 is 2.00 bits per heavy atom. The molecule has 20 heavy (non-hydrogen) atoms. The summed E-state index contributed by atoms with van der Waals surface area (Å²) in [5, 5.41) is 0. The predicted octanol–water partition coefficient (Wildman–Crippen LogP) is 4.12. The molecule has 0 saturated carbocycles. The van der Waals surface area contributed by atoms with Gasteiger partial charge in [0.2, 0.25) is 0 Å². The van der Waals surface area contributed by atoms with Crippen LogP contribution in [0.5, 0.6) is 11.5 Å². The van der Waals surface area contributed by atoms with Crippen LogP contribution in [0.1, 0.15) is 25.0 Å². The van der Waals surface area contributed by atoms with Gasteiger partial charge < -0.3 is 9.47 Å². The zero-order valence-electron chi connectivity index (χ0n) is 11.7. The van der Waals surface area contributed by atoms with Gasteiger partial charge in [-0.25, -0.2) is 4.39 Å². The van der Waals surface area contributed by atoms with Crippen molar-refractivity contribution in [2.24, 2.45) is 0 Å². The number of fused-ring (bicyclic) bond motifs is 1. The van der Waals surface area contributed by atoms with Gasteiger partial charge in [0.25, 0.3) is 0 Å². The third-order valence-electron chi connectivity index (χ3n) is 3.34. The Kier molecular flexibility index (Phi) is 3.13. The monoisotopic (exact) mass is 272 g/mol. The van der Waals surface area contributed by atoms with E-state index in [0.717, 1.165) is 29.0 Å². The average Bonchev–Trinajstić information content (AvgIpc) is 2.71. The lowest BCUT2D eigenvalue weighted by atomic mass is 10.0. The van der Waals surface area contributed by atoms with Gasteiger partial charge in [0, 0.05) is 12.0 Å². The molecule has 0 unspecified atom stereocenters. The summed E-state index contributed by atoms with van der Waals surface area (Å²) in [7, 11) is 0. The smallest absolute Gasteiger partial charge is 0.165 e. The number of halogens is 1. The molecule has 2 aromatic carbocycles. The van der Waals surface area contributed by atoms with Crippen molar-refractivity contribution >= 4 is 0 Å². The third-order valence-corrected chi connectivity index (χ3v) is 3.34. The maximum absolute atomic E-state index is 13.1. The van der Waals surface area contributed by atoms with E-state index in [4.69, 9.17) is 9.47 Å². The van der Waals surface area contributed by atoms with Crippen molar-refractivity contribution in [3.63, 3.8) is 0 Å². The molecule has 0 N–H and O–H groups in total. The first kappa shape index (κ1) is 13.0. The Labute approximate surface area is 118 Å². The van der Waals surface area contributed by atoms with Crippen molar-refractivity contribution in [2.75, 3.05) is 0 Å². The van der Waals surface area contributed by atoms with Crippen LogP contribution in [0.4, 0.5) is 4.39 Å². The quantitative estimate of drug-likeness (QED) is 0.836. The molecule has 1 heterocycles. The Morgan fingerprint density at radius 1 is 1.20 bits per heavy atom. The maximum atomic E-state index is 13.1. The molecule has 0 atom stereocenters. The minimum Gasteiger partial charge on any atom is -0.485 e. The van der Waals surface area contributed by atoms with Crippen molar-refractivity contribution in [1.29, 1.82) is 0 Å². The van der Waals surface area contributed by atoms with Crippen LogP contribution in [0.2, 0.25) is 0 Å². The van der Waals surface area contributed by atoms with E-state index in [0.29, 0.717) is 6.61 Å². The number of hydrogen-bond donors (Lipinski definition) is 0. The molecule has 3 rings (SSSR count). The maximum Gasteiger partial charge on any atom is 0.165 e. The van der Waals surface area contributed by atoms with Gasteiger partial charge in [-0.05, 0) is 37.6 Å². The van der Waals surface area contributed by atoms with Crippen LogP contribution < -0.4 is 9.47 Å². The highest BCUT2D eigenvalue weighted by Crippen LogP contribution is 2.41. The van der Waals surface area contributed by atoms with Crippen LogP contribution in [0.15, 0.2) is 42.5 Å². The Hall–Kier alpha value is -2.03. The number of rotatable bonds is 3. The minimum absolute atomic E-state index is 0.194. The van der Waals surface area contributed by atoms with E-state index in [9.17, 15) is 4.39 Å². The molecule has 0 spiro atoms. The van der Waals surface area contributed by atoms with Gasteiger partial charge in [-0.2, -0.15) is 0 Å². The van der Waals surface area contributed by atoms with E-state index >= 15 is 0 Å². The zero-order valence-corrected chi connectivity index (χ0v) is 11.7. The number of para-hydroxylation sites is 1. The summed E-state index contributed by atoms with van der Waals surface area (Å²) in [4.78, 5) is 0. The summed E-state index contributed by atoms with van der Waals surface area (Å²) in [5.41, 5.74) is 1.77. The van der Waals surface area contributed by atoms with Gasteiger partial charge in [0.1, 0.15) is 18.0 Å². The summed E-state index contributed by atoms with van der Waals surface area (Å²) in [5.74, 6) is 1.29. The van der Waals surface area contributed by atoms with Gasteiger partial charge in [-0.1, -0.05) is 24.3 Å². The van der Waals surface area contributed by atoms with E-state index in [2.05, 4.69) is 19.9 Å². The molecule has 0 fully saturated rings. The van der Waals surface area contributed by atoms with Gasteiger partial charge in [0.15, 0.2) is 11.5 Å². The lowest BCUT2D eigenvalue weighted by Gasteiger charge is -2.18. The van der Waals surface area contributed by atoms with E-state index in [1.54, 1.807) is 6.07 Å². The average molecular weight is 272 g/mol. The summed E-state index contributed by atoms with van der Waals surface area (Å²) >= 11 is 0. The lowest BCUT2D eigenvalue weighted by molar-refractivity contribution is 0.131. The molecule has 1 aliphatic heterocycles. The first-order chi connectivity index (χ1) is 9.53. The standard InChI is InChI=1S/C17H17FO2/c1-17(2)10-13-6-4-8-15(16(13)20-17)19-11-12-5-3-7-14(18)9-12/h3-9H,10-11H2,1-2H3. The van der Waals surface area contributed by atoms with Crippen LogP contribution in [0.25, 0.3) is 0 Å². The number of hydrogen-bond acceptors (Lipinski definition) is 2. The summed E-state index contributed by atoms with van der Waals surface area (Å²) in [6.07, 6.45) is 0.875. The van der Waals surface area contributed by atoms with Crippen LogP contribution in [0.3, 0.4) is 0 Å². The largest absolute Gasteiger partial charge is 0.485 e. The number of ether oxygens (including phenoxy) is 2. The topological polar surface area (TPSA) is 18.5 Å². The molecule has 0 radical (unpaired) electrons. The summed E-state index contributed by atoms with van der Waals surface area (Å²) in [6, 6.07) is 12.3. The van der Waals surface area contributed by atoms with Crippen molar-refractivity contribution in [2.45, 2.75) is 32.5 Å². The van der Waals surface area contributed by atoms with Gasteiger partial charge in [-0.15, -0.1) is 0 Å². The molecular weight excluding hydrogens is 255 g/mol. The van der Waals surface area contributed by atoms with Crippen molar-refractivity contribution in [3.8, 4) is 11.5 Å². The summed E-state index contributed by atoms with van der Waals surface area (Å²) in [6.45, 7) is 4.45. The Bertz CT molecular complexity index is 635. The molecule has 2 aromatic rings. The minimum atomic E-state index is -0.248. The first-order valence-electron chi connectivity index (χ1n) is 6.72. The fourth-order valence-electron chi connectivity index (χ4n) is 2.49. The van der Waals surface area contributed by atoms with Crippen LogP contribution >= 0.6 is 0 Å². The fraction of sp³-hybridized carbons (Fsp3) is 0.294. The van der Waals surface area contributed by atoms with Crippen molar-refractivity contribution < 1.29 is 13.9 Å². The van der Waals surface area contributed by atoms with Crippen LogP contribution in [-0.4, -0.2) is 5.60 Å². The van der Waals surface area contributed by atoms with Gasteiger partial charge in [-0.3, -0.25) is 0 Å². The molecule has 2 nitrogen and oxygen atoms in total. The SMILES string of the molecule is CC1(C)Cc2cccc(OCc3cccc(F)c3)c2O1. The molecular formula is C17H17FO2. The molecule has 1 aliphatic rings. The number of benzene rings is 2. The van der Waals surface area contributed by atoms with E-state index in [-0.39, 0.29) is 11.4 Å². The molecule has 104 valence electrons. The summed E-state index contributed by atoms with van der Waals surface area (Å²) < 4.78 is 24.9.